The summed E-state index contributed by atoms with van der Waals surface area (Å²) in [6.45, 7) is 8.70. The maximum Gasteiger partial charge on any atom is 0.418 e. The van der Waals surface area contributed by atoms with E-state index in [1.165, 1.54) is 18.2 Å². The average molecular weight is 548 g/mol. The van der Waals surface area contributed by atoms with Crippen molar-refractivity contribution in [3.8, 4) is 6.07 Å². The Morgan fingerprint density at radius 2 is 1.64 bits per heavy atom. The number of fused-ring (bicyclic) bond motifs is 1. The van der Waals surface area contributed by atoms with E-state index in [1.807, 2.05) is 12.1 Å². The standard InChI is InChI=1S/C29H36F3N3O4/c1-21(2)34-9-11-35(12-10-34)25-8-7-22-18-24(6-5-23(22)19-25)28(29(30,31)32)26(20-33)27(37)4-3-14-38-16-17-39-15-13-36/h5-8,18-19,21,36H,3-4,9-17H2,1-2H3/b28-26-. The summed E-state index contributed by atoms with van der Waals surface area (Å²) < 4.78 is 52.8. The SMILES string of the molecule is CC(C)N1CCN(c2ccc3cc(/C(=C(\C#N)C(=O)CCCOCCOCCO)C(F)(F)F)ccc3c2)CC1. The average Bonchev–Trinajstić information content (AvgIpc) is 2.91. The fourth-order valence-corrected chi connectivity index (χ4v) is 4.64. The van der Waals surface area contributed by atoms with Crippen molar-refractivity contribution in [1.29, 1.82) is 5.26 Å². The van der Waals surface area contributed by atoms with Gasteiger partial charge in [0.05, 0.1) is 32.0 Å². The van der Waals surface area contributed by atoms with Gasteiger partial charge in [-0.25, -0.2) is 0 Å². The van der Waals surface area contributed by atoms with Gasteiger partial charge in [0.25, 0.3) is 0 Å². The number of piperazine rings is 1. The van der Waals surface area contributed by atoms with Crippen LogP contribution < -0.4 is 4.90 Å². The Morgan fingerprint density at radius 3 is 2.26 bits per heavy atom. The predicted octanol–water partition coefficient (Wildman–Crippen LogP) is 4.58. The van der Waals surface area contributed by atoms with Crippen molar-refractivity contribution in [2.24, 2.45) is 0 Å². The monoisotopic (exact) mass is 547 g/mol. The van der Waals surface area contributed by atoms with Gasteiger partial charge in [-0.3, -0.25) is 9.69 Å². The quantitative estimate of drug-likeness (QED) is 0.223. The van der Waals surface area contributed by atoms with E-state index in [2.05, 4.69) is 23.6 Å². The van der Waals surface area contributed by atoms with Gasteiger partial charge in [-0.05, 0) is 54.8 Å². The third kappa shape index (κ3) is 8.51. The number of ketones is 1. The molecule has 0 aromatic heterocycles. The number of aliphatic hydroxyl groups is 1. The second-order valence-electron chi connectivity index (χ2n) is 9.70. The summed E-state index contributed by atoms with van der Waals surface area (Å²) in [5.74, 6) is -0.874. The zero-order valence-electron chi connectivity index (χ0n) is 22.5. The molecule has 0 radical (unpaired) electrons. The van der Waals surface area contributed by atoms with Crippen LogP contribution in [0.3, 0.4) is 0 Å². The summed E-state index contributed by atoms with van der Waals surface area (Å²) in [6.07, 6.45) is -4.97. The van der Waals surface area contributed by atoms with E-state index >= 15 is 0 Å². The van der Waals surface area contributed by atoms with Gasteiger partial charge < -0.3 is 19.5 Å². The third-order valence-electron chi connectivity index (χ3n) is 6.75. The maximum atomic E-state index is 14.2. The molecule has 1 N–H and O–H groups in total. The summed E-state index contributed by atoms with van der Waals surface area (Å²) >= 11 is 0. The summed E-state index contributed by atoms with van der Waals surface area (Å²) in [7, 11) is 0. The van der Waals surface area contributed by atoms with Crippen LogP contribution in [-0.4, -0.2) is 87.2 Å². The predicted molar refractivity (Wildman–Crippen MR) is 144 cm³/mol. The largest absolute Gasteiger partial charge is 0.418 e. The lowest BCUT2D eigenvalue weighted by Gasteiger charge is -2.38. The molecular formula is C29H36F3N3O4. The van der Waals surface area contributed by atoms with Crippen molar-refractivity contribution in [2.45, 2.75) is 38.9 Å². The first-order valence-corrected chi connectivity index (χ1v) is 13.2. The van der Waals surface area contributed by atoms with Crippen LogP contribution in [0.4, 0.5) is 18.9 Å². The topological polar surface area (TPSA) is 86.0 Å². The molecule has 1 fully saturated rings. The zero-order chi connectivity index (χ0) is 28.4. The first-order chi connectivity index (χ1) is 18.7. The molecule has 39 heavy (non-hydrogen) atoms. The Kier molecular flexibility index (Phi) is 11.3. The molecule has 0 aliphatic carbocycles. The number of aliphatic hydroxyl groups excluding tert-OH is 1. The number of halogens is 3. The molecular weight excluding hydrogens is 511 g/mol. The summed E-state index contributed by atoms with van der Waals surface area (Å²) in [5.41, 5.74) is -1.31. The van der Waals surface area contributed by atoms with Crippen LogP contribution in [0.25, 0.3) is 16.3 Å². The number of hydrogen-bond acceptors (Lipinski definition) is 7. The van der Waals surface area contributed by atoms with Gasteiger partial charge in [0, 0.05) is 50.9 Å². The fraction of sp³-hybridized carbons (Fsp3) is 0.517. The second kappa shape index (κ2) is 14.4. The van der Waals surface area contributed by atoms with E-state index in [9.17, 15) is 23.2 Å². The molecule has 1 aliphatic rings. The number of allylic oxidation sites excluding steroid dienone is 2. The normalized spacial score (nSPS) is 15.5. The number of ether oxygens (including phenoxy) is 2. The number of benzene rings is 2. The molecule has 0 amide bonds. The van der Waals surface area contributed by atoms with Crippen molar-refractivity contribution >= 4 is 27.8 Å². The lowest BCUT2D eigenvalue weighted by molar-refractivity contribution is -0.116. The van der Waals surface area contributed by atoms with Crippen LogP contribution in [0, 0.1) is 11.3 Å². The van der Waals surface area contributed by atoms with Crippen molar-refractivity contribution in [2.75, 3.05) is 64.1 Å². The number of nitrogens with zero attached hydrogens (tertiary/aromatic N) is 3. The summed E-state index contributed by atoms with van der Waals surface area (Å²) in [4.78, 5) is 17.3. The summed E-state index contributed by atoms with van der Waals surface area (Å²) in [6, 6.07) is 12.0. The van der Waals surface area contributed by atoms with Gasteiger partial charge >= 0.3 is 6.18 Å². The van der Waals surface area contributed by atoms with Crippen LogP contribution in [0.1, 0.15) is 32.3 Å². The molecule has 0 spiro atoms. The van der Waals surface area contributed by atoms with Crippen molar-refractivity contribution in [1.82, 2.24) is 4.90 Å². The van der Waals surface area contributed by atoms with E-state index in [-0.39, 0.29) is 51.4 Å². The highest BCUT2D eigenvalue weighted by atomic mass is 19.4. The van der Waals surface area contributed by atoms with E-state index in [4.69, 9.17) is 14.6 Å². The molecule has 1 heterocycles. The zero-order valence-corrected chi connectivity index (χ0v) is 22.5. The van der Waals surface area contributed by atoms with E-state index in [0.29, 0.717) is 11.4 Å². The minimum Gasteiger partial charge on any atom is -0.394 e. The van der Waals surface area contributed by atoms with Crippen molar-refractivity contribution in [3.63, 3.8) is 0 Å². The smallest absolute Gasteiger partial charge is 0.394 e. The van der Waals surface area contributed by atoms with E-state index in [1.54, 1.807) is 12.1 Å². The lowest BCUT2D eigenvalue weighted by atomic mass is 9.93. The van der Waals surface area contributed by atoms with Crippen LogP contribution >= 0.6 is 0 Å². The minimum absolute atomic E-state index is 0.103. The molecule has 0 bridgehead atoms. The van der Waals surface area contributed by atoms with Gasteiger partial charge in [-0.15, -0.1) is 0 Å². The fourth-order valence-electron chi connectivity index (χ4n) is 4.64. The highest BCUT2D eigenvalue weighted by molar-refractivity contribution is 6.07. The molecule has 1 saturated heterocycles. The third-order valence-corrected chi connectivity index (χ3v) is 6.75. The molecule has 1 aliphatic heterocycles. The molecule has 2 aromatic carbocycles. The van der Waals surface area contributed by atoms with Crippen LogP contribution in [-0.2, 0) is 14.3 Å². The molecule has 0 unspecified atom stereocenters. The Morgan fingerprint density at radius 1 is 1.00 bits per heavy atom. The lowest BCUT2D eigenvalue weighted by Crippen LogP contribution is -2.48. The highest BCUT2D eigenvalue weighted by Gasteiger charge is 2.39. The highest BCUT2D eigenvalue weighted by Crippen LogP contribution is 2.38. The number of nitriles is 1. The molecule has 2 aromatic rings. The first kappa shape index (κ1) is 30.6. The Hall–Kier alpha value is -2.97. The van der Waals surface area contributed by atoms with Crippen LogP contribution in [0.15, 0.2) is 42.0 Å². The second-order valence-corrected chi connectivity index (χ2v) is 9.70. The van der Waals surface area contributed by atoms with Crippen LogP contribution in [0.2, 0.25) is 0 Å². The number of anilines is 1. The van der Waals surface area contributed by atoms with Gasteiger partial charge in [-0.2, -0.15) is 18.4 Å². The molecule has 212 valence electrons. The number of carbonyl (C=O) groups is 1. The van der Waals surface area contributed by atoms with Crippen molar-refractivity contribution < 1.29 is 32.5 Å². The Labute approximate surface area is 227 Å². The number of carbonyl (C=O) groups excluding carboxylic acids is 1. The number of Topliss-reactive ketones (excluding diaryl/α,β-unsaturated/α-hetero) is 1. The van der Waals surface area contributed by atoms with E-state index in [0.717, 1.165) is 37.3 Å². The Bertz CT molecular complexity index is 1180. The van der Waals surface area contributed by atoms with Gasteiger partial charge in [0.1, 0.15) is 11.6 Å². The molecule has 10 heteroatoms. The van der Waals surface area contributed by atoms with Crippen LogP contribution in [0.5, 0.6) is 0 Å². The maximum absolute atomic E-state index is 14.2. The first-order valence-electron chi connectivity index (χ1n) is 13.2. The van der Waals surface area contributed by atoms with Gasteiger partial charge in [0.15, 0.2) is 5.78 Å². The van der Waals surface area contributed by atoms with E-state index < -0.39 is 23.1 Å². The minimum atomic E-state index is -4.88. The number of hydrogen-bond donors (Lipinski definition) is 1. The van der Waals surface area contributed by atoms with Gasteiger partial charge in [0.2, 0.25) is 0 Å². The molecule has 0 atom stereocenters. The number of rotatable bonds is 13. The molecule has 0 saturated carbocycles. The molecule has 7 nitrogen and oxygen atoms in total. The van der Waals surface area contributed by atoms with Crippen molar-refractivity contribution in [3.05, 3.63) is 47.5 Å². The van der Waals surface area contributed by atoms with Gasteiger partial charge in [-0.1, -0.05) is 18.2 Å². The number of alkyl halides is 3. The molecule has 3 rings (SSSR count). The summed E-state index contributed by atoms with van der Waals surface area (Å²) in [5, 5.41) is 19.6. The Balaban J connectivity index is 1.75.